The van der Waals surface area contributed by atoms with Crippen molar-refractivity contribution in [1.82, 2.24) is 10.6 Å². The fourth-order valence-electron chi connectivity index (χ4n) is 2.08. The van der Waals surface area contributed by atoms with Gasteiger partial charge < -0.3 is 15.4 Å². The molecule has 1 aliphatic heterocycles. The molecule has 2 unspecified atom stereocenters. The van der Waals surface area contributed by atoms with Gasteiger partial charge in [0, 0.05) is 13.2 Å². The van der Waals surface area contributed by atoms with E-state index >= 15 is 0 Å². The highest BCUT2D eigenvalue weighted by Crippen LogP contribution is 2.28. The summed E-state index contributed by atoms with van der Waals surface area (Å²) in [4.78, 5) is 11.7. The van der Waals surface area contributed by atoms with Crippen LogP contribution in [0.15, 0.2) is 0 Å². The highest BCUT2D eigenvalue weighted by molar-refractivity contribution is 5.82. The van der Waals surface area contributed by atoms with E-state index in [0.29, 0.717) is 19.1 Å². The molecule has 4 heteroatoms. The Kier molecular flexibility index (Phi) is 4.18. The quantitative estimate of drug-likeness (QED) is 0.649. The summed E-state index contributed by atoms with van der Waals surface area (Å²) in [7, 11) is 0. The molecule has 1 aliphatic carbocycles. The number of rotatable bonds is 6. The van der Waals surface area contributed by atoms with Gasteiger partial charge in [0.2, 0.25) is 5.91 Å². The van der Waals surface area contributed by atoms with Crippen LogP contribution in [0.1, 0.15) is 26.2 Å². The molecule has 0 aromatic carbocycles. The number of amides is 1. The maximum Gasteiger partial charge on any atom is 0.237 e. The minimum Gasteiger partial charge on any atom is -0.379 e. The number of nitrogens with one attached hydrogen (secondary N) is 2. The molecule has 1 amide bonds. The normalized spacial score (nSPS) is 29.3. The summed E-state index contributed by atoms with van der Waals surface area (Å²) in [5.74, 6) is 1.37. The van der Waals surface area contributed by atoms with Crippen LogP contribution in [0.4, 0.5) is 0 Å². The summed E-state index contributed by atoms with van der Waals surface area (Å²) >= 11 is 0. The summed E-state index contributed by atoms with van der Waals surface area (Å²) in [6.07, 6.45) is 3.72. The standard InChI is InChI=1S/C12H22N2O2/c1-9-4-5-13-11(9)12(15)14-6-7-16-8-10-2-3-10/h9-11,13H,2-8H2,1H3,(H,14,15). The third-order valence-corrected chi connectivity index (χ3v) is 3.41. The Hall–Kier alpha value is -0.610. The van der Waals surface area contributed by atoms with Crippen LogP contribution in [-0.4, -0.2) is 38.3 Å². The molecule has 0 aromatic rings. The van der Waals surface area contributed by atoms with E-state index in [1.807, 2.05) is 0 Å². The zero-order valence-corrected chi connectivity index (χ0v) is 10.00. The van der Waals surface area contributed by atoms with Crippen LogP contribution >= 0.6 is 0 Å². The molecule has 2 rings (SSSR count). The molecule has 2 N–H and O–H groups in total. The van der Waals surface area contributed by atoms with Crippen molar-refractivity contribution in [3.8, 4) is 0 Å². The lowest BCUT2D eigenvalue weighted by molar-refractivity contribution is -0.123. The van der Waals surface area contributed by atoms with Crippen molar-refractivity contribution in [1.29, 1.82) is 0 Å². The van der Waals surface area contributed by atoms with Crippen molar-refractivity contribution >= 4 is 5.91 Å². The van der Waals surface area contributed by atoms with Gasteiger partial charge >= 0.3 is 0 Å². The van der Waals surface area contributed by atoms with Crippen LogP contribution in [0.3, 0.4) is 0 Å². The first kappa shape index (κ1) is 11.9. The molecule has 92 valence electrons. The summed E-state index contributed by atoms with van der Waals surface area (Å²) in [5.41, 5.74) is 0. The number of hydrogen-bond acceptors (Lipinski definition) is 3. The van der Waals surface area contributed by atoms with Gasteiger partial charge in [-0.25, -0.2) is 0 Å². The Labute approximate surface area is 97.1 Å². The summed E-state index contributed by atoms with van der Waals surface area (Å²) in [5, 5.41) is 6.15. The van der Waals surface area contributed by atoms with Crippen LogP contribution in [0.2, 0.25) is 0 Å². The number of carbonyl (C=O) groups is 1. The first-order valence-electron chi connectivity index (χ1n) is 6.36. The maximum absolute atomic E-state index is 11.7. The Bertz CT molecular complexity index is 241. The zero-order valence-electron chi connectivity index (χ0n) is 10.00. The van der Waals surface area contributed by atoms with Crippen LogP contribution < -0.4 is 10.6 Å². The van der Waals surface area contributed by atoms with E-state index in [4.69, 9.17) is 4.74 Å². The van der Waals surface area contributed by atoms with Crippen molar-refractivity contribution < 1.29 is 9.53 Å². The molecular weight excluding hydrogens is 204 g/mol. The van der Waals surface area contributed by atoms with E-state index in [9.17, 15) is 4.79 Å². The largest absolute Gasteiger partial charge is 0.379 e. The second kappa shape index (κ2) is 5.64. The van der Waals surface area contributed by atoms with E-state index in [1.165, 1.54) is 12.8 Å². The van der Waals surface area contributed by atoms with Gasteiger partial charge in [-0.2, -0.15) is 0 Å². The number of hydrogen-bond donors (Lipinski definition) is 2. The van der Waals surface area contributed by atoms with Crippen molar-refractivity contribution in [2.75, 3.05) is 26.3 Å². The van der Waals surface area contributed by atoms with E-state index < -0.39 is 0 Å². The second-order valence-electron chi connectivity index (χ2n) is 5.01. The lowest BCUT2D eigenvalue weighted by Crippen LogP contribution is -2.44. The number of ether oxygens (including phenoxy) is 1. The Morgan fingerprint density at radius 1 is 1.44 bits per heavy atom. The lowest BCUT2D eigenvalue weighted by Gasteiger charge is -2.15. The molecule has 4 nitrogen and oxygen atoms in total. The third kappa shape index (κ3) is 3.46. The van der Waals surface area contributed by atoms with E-state index in [0.717, 1.165) is 25.5 Å². The van der Waals surface area contributed by atoms with Crippen molar-refractivity contribution in [3.63, 3.8) is 0 Å². The molecule has 2 aliphatic rings. The predicted molar refractivity (Wildman–Crippen MR) is 62.1 cm³/mol. The second-order valence-corrected chi connectivity index (χ2v) is 5.01. The van der Waals surface area contributed by atoms with Crippen molar-refractivity contribution in [2.24, 2.45) is 11.8 Å². The Balaban J connectivity index is 1.52. The van der Waals surface area contributed by atoms with E-state index in [-0.39, 0.29) is 11.9 Å². The fraction of sp³-hybridized carbons (Fsp3) is 0.917. The first-order valence-corrected chi connectivity index (χ1v) is 6.36. The number of carbonyl (C=O) groups excluding carboxylic acids is 1. The molecule has 0 radical (unpaired) electrons. The highest BCUT2D eigenvalue weighted by atomic mass is 16.5. The Morgan fingerprint density at radius 3 is 2.88 bits per heavy atom. The molecule has 0 spiro atoms. The lowest BCUT2D eigenvalue weighted by atomic mass is 10.0. The highest BCUT2D eigenvalue weighted by Gasteiger charge is 2.28. The molecule has 1 heterocycles. The van der Waals surface area contributed by atoms with Crippen LogP contribution in [0.5, 0.6) is 0 Å². The van der Waals surface area contributed by atoms with Gasteiger partial charge in [-0.05, 0) is 37.6 Å². The molecule has 1 saturated carbocycles. The summed E-state index contributed by atoms with van der Waals surface area (Å²) in [6, 6.07) is 0.00318. The van der Waals surface area contributed by atoms with Gasteiger partial charge in [0.25, 0.3) is 0 Å². The van der Waals surface area contributed by atoms with Gasteiger partial charge in [-0.15, -0.1) is 0 Å². The molecule has 0 bridgehead atoms. The average Bonchev–Trinajstić information content (AvgIpc) is 2.99. The smallest absolute Gasteiger partial charge is 0.237 e. The molecule has 0 aromatic heterocycles. The maximum atomic E-state index is 11.7. The van der Waals surface area contributed by atoms with Crippen LogP contribution in [-0.2, 0) is 9.53 Å². The van der Waals surface area contributed by atoms with Gasteiger partial charge in [0.1, 0.15) is 0 Å². The SMILES string of the molecule is CC1CCNC1C(=O)NCCOCC1CC1. The van der Waals surface area contributed by atoms with Crippen LogP contribution in [0, 0.1) is 11.8 Å². The minimum absolute atomic E-state index is 0.00318. The van der Waals surface area contributed by atoms with Gasteiger partial charge in [0.15, 0.2) is 0 Å². The van der Waals surface area contributed by atoms with Gasteiger partial charge in [-0.3, -0.25) is 4.79 Å². The van der Waals surface area contributed by atoms with Gasteiger partial charge in [-0.1, -0.05) is 6.92 Å². The van der Waals surface area contributed by atoms with E-state index in [2.05, 4.69) is 17.6 Å². The first-order chi connectivity index (χ1) is 7.77. The third-order valence-electron chi connectivity index (χ3n) is 3.41. The molecule has 2 atom stereocenters. The monoisotopic (exact) mass is 226 g/mol. The van der Waals surface area contributed by atoms with E-state index in [1.54, 1.807) is 0 Å². The zero-order chi connectivity index (χ0) is 11.4. The molecule has 1 saturated heterocycles. The van der Waals surface area contributed by atoms with Crippen molar-refractivity contribution in [3.05, 3.63) is 0 Å². The van der Waals surface area contributed by atoms with Crippen LogP contribution in [0.25, 0.3) is 0 Å². The Morgan fingerprint density at radius 2 is 2.25 bits per heavy atom. The van der Waals surface area contributed by atoms with Crippen molar-refractivity contribution in [2.45, 2.75) is 32.2 Å². The summed E-state index contributed by atoms with van der Waals surface area (Å²) in [6.45, 7) is 5.22. The van der Waals surface area contributed by atoms with Gasteiger partial charge in [0.05, 0.1) is 12.6 Å². The summed E-state index contributed by atoms with van der Waals surface area (Å²) < 4.78 is 5.46. The average molecular weight is 226 g/mol. The topological polar surface area (TPSA) is 50.4 Å². The fourth-order valence-corrected chi connectivity index (χ4v) is 2.08. The predicted octanol–water partition coefficient (Wildman–Crippen LogP) is 0.527. The molecular formula is C12H22N2O2. The molecule has 16 heavy (non-hydrogen) atoms. The molecule has 2 fully saturated rings. The minimum atomic E-state index is 0.00318.